The molecule has 2 saturated heterocycles. The number of hydrogen-bond donors (Lipinski definition) is 1. The summed E-state index contributed by atoms with van der Waals surface area (Å²) in [6.07, 6.45) is 2.03. The van der Waals surface area contributed by atoms with E-state index in [1.807, 2.05) is 0 Å². The molecule has 1 aromatic carbocycles. The van der Waals surface area contributed by atoms with Crippen molar-refractivity contribution in [2.45, 2.75) is 37.9 Å². The first-order chi connectivity index (χ1) is 9.67. The Labute approximate surface area is 121 Å². The van der Waals surface area contributed by atoms with Gasteiger partial charge in [-0.1, -0.05) is 12.1 Å². The van der Waals surface area contributed by atoms with Crippen LogP contribution in [0.25, 0.3) is 0 Å². The van der Waals surface area contributed by atoms with Crippen molar-refractivity contribution in [3.63, 3.8) is 0 Å². The Morgan fingerprint density at radius 3 is 2.40 bits per heavy atom. The van der Waals surface area contributed by atoms with Crippen molar-refractivity contribution in [3.05, 3.63) is 29.8 Å². The molecule has 3 nitrogen and oxygen atoms in total. The van der Waals surface area contributed by atoms with Gasteiger partial charge in [0.1, 0.15) is 0 Å². The summed E-state index contributed by atoms with van der Waals surface area (Å²) in [4.78, 5) is 2.46. The van der Waals surface area contributed by atoms with E-state index in [-0.39, 0.29) is 0 Å². The minimum absolute atomic E-state index is 0.323. The number of morpholine rings is 1. The molecule has 2 aliphatic heterocycles. The average molecular weight is 272 g/mol. The molecule has 4 rings (SSSR count). The molecule has 2 unspecified atom stereocenters. The third kappa shape index (κ3) is 1.95. The van der Waals surface area contributed by atoms with Crippen molar-refractivity contribution < 1.29 is 4.74 Å². The van der Waals surface area contributed by atoms with Crippen LogP contribution in [0.15, 0.2) is 24.3 Å². The molecule has 0 aromatic heterocycles. The van der Waals surface area contributed by atoms with Crippen LogP contribution in [0.4, 0.5) is 5.69 Å². The molecule has 3 heteroatoms. The van der Waals surface area contributed by atoms with Gasteiger partial charge in [0.15, 0.2) is 0 Å². The van der Waals surface area contributed by atoms with E-state index in [4.69, 9.17) is 4.74 Å². The van der Waals surface area contributed by atoms with Crippen LogP contribution in [0.3, 0.4) is 0 Å². The Hall–Kier alpha value is -1.06. The van der Waals surface area contributed by atoms with Crippen LogP contribution in [0.1, 0.15) is 25.8 Å². The van der Waals surface area contributed by atoms with E-state index in [1.54, 1.807) is 0 Å². The van der Waals surface area contributed by atoms with Crippen LogP contribution in [-0.4, -0.2) is 38.4 Å². The molecule has 1 aliphatic carbocycles. The number of hydrogen-bond acceptors (Lipinski definition) is 3. The fraction of sp³-hybridized carbons (Fsp3) is 0.647. The van der Waals surface area contributed by atoms with Crippen molar-refractivity contribution in [1.29, 1.82) is 0 Å². The lowest BCUT2D eigenvalue weighted by molar-refractivity contribution is -0.00521. The van der Waals surface area contributed by atoms with Gasteiger partial charge in [0.2, 0.25) is 0 Å². The van der Waals surface area contributed by atoms with Gasteiger partial charge >= 0.3 is 0 Å². The molecule has 0 radical (unpaired) electrons. The number of nitrogens with zero attached hydrogens (tertiary/aromatic N) is 1. The van der Waals surface area contributed by atoms with Crippen LogP contribution >= 0.6 is 0 Å². The average Bonchev–Trinajstić information content (AvgIpc) is 3.00. The molecule has 0 amide bonds. The van der Waals surface area contributed by atoms with Gasteiger partial charge in [-0.3, -0.25) is 0 Å². The molecule has 2 heterocycles. The van der Waals surface area contributed by atoms with E-state index in [1.165, 1.54) is 30.8 Å². The predicted octanol–water partition coefficient (Wildman–Crippen LogP) is 2.16. The number of rotatable bonds is 2. The fourth-order valence-corrected chi connectivity index (χ4v) is 4.18. The minimum atomic E-state index is 0.323. The van der Waals surface area contributed by atoms with E-state index in [2.05, 4.69) is 48.3 Å². The summed E-state index contributed by atoms with van der Waals surface area (Å²) >= 11 is 0. The number of fused-ring (bicyclic) bond motifs is 1. The minimum Gasteiger partial charge on any atom is -0.372 e. The largest absolute Gasteiger partial charge is 0.372 e. The van der Waals surface area contributed by atoms with Crippen molar-refractivity contribution in [3.8, 4) is 0 Å². The summed E-state index contributed by atoms with van der Waals surface area (Å²) in [5, 5.41) is 3.52. The summed E-state index contributed by atoms with van der Waals surface area (Å²) < 4.78 is 5.82. The van der Waals surface area contributed by atoms with Gasteiger partial charge in [0.25, 0.3) is 0 Å². The molecule has 20 heavy (non-hydrogen) atoms. The van der Waals surface area contributed by atoms with E-state index in [9.17, 15) is 0 Å². The first-order valence-corrected chi connectivity index (χ1v) is 7.89. The fourth-order valence-electron chi connectivity index (χ4n) is 4.18. The topological polar surface area (TPSA) is 24.5 Å². The predicted molar refractivity (Wildman–Crippen MR) is 81.3 cm³/mol. The number of nitrogens with one attached hydrogen (secondary N) is 1. The molecule has 1 aromatic rings. The van der Waals surface area contributed by atoms with Gasteiger partial charge in [-0.25, -0.2) is 0 Å². The highest BCUT2D eigenvalue weighted by molar-refractivity contribution is 5.51. The van der Waals surface area contributed by atoms with Gasteiger partial charge in [-0.05, 0) is 50.4 Å². The normalized spacial score (nSPS) is 39.7. The number of ether oxygens (including phenoxy) is 1. The van der Waals surface area contributed by atoms with Crippen molar-refractivity contribution in [2.75, 3.05) is 31.1 Å². The molecular formula is C17H24N2O. The maximum Gasteiger partial charge on any atom is 0.0726 e. The van der Waals surface area contributed by atoms with Crippen LogP contribution in [-0.2, 0) is 10.2 Å². The van der Waals surface area contributed by atoms with E-state index < -0.39 is 0 Å². The number of benzene rings is 1. The smallest absolute Gasteiger partial charge is 0.0726 e. The lowest BCUT2D eigenvalue weighted by Gasteiger charge is -2.37. The number of piperidine rings is 1. The Morgan fingerprint density at radius 2 is 1.85 bits per heavy atom. The summed E-state index contributed by atoms with van der Waals surface area (Å²) in [6, 6.07) is 9.32. The third-order valence-corrected chi connectivity index (χ3v) is 5.29. The second-order valence-electron chi connectivity index (χ2n) is 6.90. The summed E-state index contributed by atoms with van der Waals surface area (Å²) in [5.74, 6) is 0.886. The maximum atomic E-state index is 5.82. The highest BCUT2D eigenvalue weighted by Crippen LogP contribution is 2.56. The van der Waals surface area contributed by atoms with E-state index in [0.717, 1.165) is 19.0 Å². The van der Waals surface area contributed by atoms with Crippen LogP contribution in [0.5, 0.6) is 0 Å². The standard InChI is InChI=1S/C17H24N2O/c1-12-9-19(10-13(2)20-12)16-5-3-14(4-6-16)17-7-15(17)8-18-11-17/h3-6,12-13,15,18H,7-11H2,1-2H3/t12?,13?,15-,17+/m0/s1. The monoisotopic (exact) mass is 272 g/mol. The van der Waals surface area contributed by atoms with Gasteiger partial charge in [0.05, 0.1) is 12.2 Å². The van der Waals surface area contributed by atoms with Gasteiger partial charge < -0.3 is 15.0 Å². The Balaban J connectivity index is 1.53. The van der Waals surface area contributed by atoms with Crippen molar-refractivity contribution >= 4 is 5.69 Å². The molecular weight excluding hydrogens is 248 g/mol. The Morgan fingerprint density at radius 1 is 1.15 bits per heavy atom. The first kappa shape index (κ1) is 12.7. The lowest BCUT2D eigenvalue weighted by Crippen LogP contribution is -2.45. The highest BCUT2D eigenvalue weighted by atomic mass is 16.5. The second kappa shape index (κ2) is 4.47. The maximum absolute atomic E-state index is 5.82. The highest BCUT2D eigenvalue weighted by Gasteiger charge is 2.57. The second-order valence-corrected chi connectivity index (χ2v) is 6.90. The van der Waals surface area contributed by atoms with Gasteiger partial charge in [0, 0.05) is 30.7 Å². The number of anilines is 1. The van der Waals surface area contributed by atoms with Crippen molar-refractivity contribution in [1.82, 2.24) is 5.32 Å². The van der Waals surface area contributed by atoms with E-state index in [0.29, 0.717) is 17.6 Å². The quantitative estimate of drug-likeness (QED) is 0.893. The SMILES string of the molecule is CC1CN(c2ccc([C@@]34CNC[C@@H]3C4)cc2)CC(C)O1. The lowest BCUT2D eigenvalue weighted by atomic mass is 9.95. The van der Waals surface area contributed by atoms with Crippen molar-refractivity contribution in [2.24, 2.45) is 5.92 Å². The third-order valence-electron chi connectivity index (χ3n) is 5.29. The Bertz CT molecular complexity index is 490. The first-order valence-electron chi connectivity index (χ1n) is 7.89. The summed E-state index contributed by atoms with van der Waals surface area (Å²) in [5.41, 5.74) is 3.35. The molecule has 4 atom stereocenters. The van der Waals surface area contributed by atoms with Crippen LogP contribution < -0.4 is 10.2 Å². The zero-order valence-corrected chi connectivity index (χ0v) is 12.4. The summed E-state index contributed by atoms with van der Waals surface area (Å²) in [7, 11) is 0. The zero-order valence-electron chi connectivity index (χ0n) is 12.4. The Kier molecular flexibility index (Phi) is 2.83. The molecule has 3 aliphatic rings. The van der Waals surface area contributed by atoms with E-state index >= 15 is 0 Å². The molecule has 0 bridgehead atoms. The van der Waals surface area contributed by atoms with Gasteiger partial charge in [-0.2, -0.15) is 0 Å². The zero-order chi connectivity index (χ0) is 13.7. The molecule has 1 saturated carbocycles. The molecule has 1 N–H and O–H groups in total. The molecule has 108 valence electrons. The van der Waals surface area contributed by atoms with Crippen LogP contribution in [0, 0.1) is 5.92 Å². The molecule has 3 fully saturated rings. The summed E-state index contributed by atoms with van der Waals surface area (Å²) in [6.45, 7) is 8.70. The molecule has 0 spiro atoms. The van der Waals surface area contributed by atoms with Gasteiger partial charge in [-0.15, -0.1) is 0 Å². The van der Waals surface area contributed by atoms with Crippen LogP contribution in [0.2, 0.25) is 0 Å².